The molecule has 148 valence electrons. The van der Waals surface area contributed by atoms with Crippen molar-refractivity contribution in [3.8, 4) is 0 Å². The number of amidine groups is 1. The second-order valence-electron chi connectivity index (χ2n) is 6.80. The van der Waals surface area contributed by atoms with Crippen molar-refractivity contribution >= 4 is 45.1 Å². The summed E-state index contributed by atoms with van der Waals surface area (Å²) in [4.78, 5) is 29.9. The lowest BCUT2D eigenvalue weighted by Crippen LogP contribution is -2.32. The van der Waals surface area contributed by atoms with Gasteiger partial charge in [0.15, 0.2) is 0 Å². The van der Waals surface area contributed by atoms with E-state index in [0.717, 1.165) is 15.6 Å². The molecule has 0 radical (unpaired) electrons. The highest BCUT2D eigenvalue weighted by Gasteiger charge is 2.32. The van der Waals surface area contributed by atoms with Crippen molar-refractivity contribution in [2.45, 2.75) is 6.92 Å². The Morgan fingerprint density at radius 1 is 1.03 bits per heavy atom. The fourth-order valence-corrected chi connectivity index (χ4v) is 3.44. The van der Waals surface area contributed by atoms with Crippen LogP contribution in [0.5, 0.6) is 0 Å². The maximum absolute atomic E-state index is 13.3. The van der Waals surface area contributed by atoms with Gasteiger partial charge in [-0.05, 0) is 61.0 Å². The summed E-state index contributed by atoms with van der Waals surface area (Å²) in [6, 6.07) is 21.3. The molecule has 7 heteroatoms. The van der Waals surface area contributed by atoms with E-state index in [4.69, 9.17) is 0 Å². The zero-order valence-electron chi connectivity index (χ0n) is 15.9. The number of nitro benzene ring substituents is 1. The molecule has 30 heavy (non-hydrogen) atoms. The molecule has 3 aromatic carbocycles. The van der Waals surface area contributed by atoms with E-state index < -0.39 is 4.92 Å². The number of aliphatic imine (C=N–C) groups is 1. The average molecular weight is 462 g/mol. The molecule has 0 aliphatic carbocycles. The van der Waals surface area contributed by atoms with Crippen LogP contribution in [0.3, 0.4) is 0 Å². The number of nitro groups is 1. The van der Waals surface area contributed by atoms with E-state index in [1.165, 1.54) is 12.1 Å². The zero-order valence-corrected chi connectivity index (χ0v) is 17.5. The fraction of sp³-hybridized carbons (Fsp3) is 0.0435. The SMILES string of the molecule is Cc1cccc(C2=N/C(=C/c3ccc([N+](=O)[O-])cc3)C(=O)N2c2ccc(Br)cc2)c1. The monoisotopic (exact) mass is 461 g/mol. The molecule has 0 fully saturated rings. The number of carbonyl (C=O) groups excluding carboxylic acids is 1. The summed E-state index contributed by atoms with van der Waals surface area (Å²) < 4.78 is 0.911. The van der Waals surface area contributed by atoms with Crippen LogP contribution in [0.2, 0.25) is 0 Å². The number of rotatable bonds is 4. The van der Waals surface area contributed by atoms with Crippen LogP contribution in [0.4, 0.5) is 11.4 Å². The number of aryl methyl sites for hydroxylation is 1. The second-order valence-corrected chi connectivity index (χ2v) is 7.72. The van der Waals surface area contributed by atoms with Gasteiger partial charge in [0.05, 0.1) is 10.6 Å². The van der Waals surface area contributed by atoms with Gasteiger partial charge >= 0.3 is 0 Å². The van der Waals surface area contributed by atoms with Gasteiger partial charge in [-0.1, -0.05) is 39.7 Å². The highest BCUT2D eigenvalue weighted by Crippen LogP contribution is 2.29. The Kier molecular flexibility index (Phi) is 5.29. The first-order valence-corrected chi connectivity index (χ1v) is 9.93. The number of benzene rings is 3. The predicted octanol–water partition coefficient (Wildman–Crippen LogP) is 5.50. The molecule has 3 aromatic rings. The predicted molar refractivity (Wildman–Crippen MR) is 120 cm³/mol. The van der Waals surface area contributed by atoms with Gasteiger partial charge in [-0.2, -0.15) is 0 Å². The Morgan fingerprint density at radius 3 is 2.37 bits per heavy atom. The minimum Gasteiger partial charge on any atom is -0.266 e. The van der Waals surface area contributed by atoms with Crippen molar-refractivity contribution in [1.82, 2.24) is 0 Å². The third-order valence-corrected chi connectivity index (χ3v) is 5.16. The number of nitrogens with zero attached hydrogens (tertiary/aromatic N) is 3. The summed E-state index contributed by atoms with van der Waals surface area (Å²) in [7, 11) is 0. The highest BCUT2D eigenvalue weighted by atomic mass is 79.9. The Balaban J connectivity index is 1.79. The number of hydrogen-bond acceptors (Lipinski definition) is 4. The van der Waals surface area contributed by atoms with Crippen molar-refractivity contribution in [3.05, 3.63) is 110 Å². The van der Waals surface area contributed by atoms with Gasteiger partial charge in [0.2, 0.25) is 0 Å². The van der Waals surface area contributed by atoms with Gasteiger partial charge in [-0.3, -0.25) is 19.8 Å². The molecule has 6 nitrogen and oxygen atoms in total. The quantitative estimate of drug-likeness (QED) is 0.292. The van der Waals surface area contributed by atoms with Crippen LogP contribution in [-0.2, 0) is 4.79 Å². The Hall–Kier alpha value is -3.58. The van der Waals surface area contributed by atoms with Gasteiger partial charge in [0.1, 0.15) is 11.5 Å². The van der Waals surface area contributed by atoms with E-state index in [1.54, 1.807) is 23.1 Å². The lowest BCUT2D eigenvalue weighted by atomic mass is 10.1. The maximum Gasteiger partial charge on any atom is 0.282 e. The van der Waals surface area contributed by atoms with Gasteiger partial charge in [0.25, 0.3) is 11.6 Å². The summed E-state index contributed by atoms with van der Waals surface area (Å²) in [6.45, 7) is 1.98. The van der Waals surface area contributed by atoms with E-state index >= 15 is 0 Å². The number of anilines is 1. The third-order valence-electron chi connectivity index (χ3n) is 4.63. The number of hydrogen-bond donors (Lipinski definition) is 0. The molecule has 0 atom stereocenters. The van der Waals surface area contributed by atoms with Crippen LogP contribution < -0.4 is 4.90 Å². The number of carbonyl (C=O) groups is 1. The van der Waals surface area contributed by atoms with Gasteiger partial charge in [-0.25, -0.2) is 4.99 Å². The average Bonchev–Trinajstić information content (AvgIpc) is 3.05. The zero-order chi connectivity index (χ0) is 21.3. The van der Waals surface area contributed by atoms with Crippen molar-refractivity contribution in [3.63, 3.8) is 0 Å². The smallest absolute Gasteiger partial charge is 0.266 e. The molecule has 0 bridgehead atoms. The standard InChI is InChI=1S/C23H16BrN3O3/c1-15-3-2-4-17(13-15)22-25-21(14-16-5-9-20(10-6-16)27(29)30)23(28)26(22)19-11-7-18(24)8-12-19/h2-14H,1H3/b21-14+. The Bertz CT molecular complexity index is 1200. The van der Waals surface area contributed by atoms with E-state index in [0.29, 0.717) is 17.1 Å². The maximum atomic E-state index is 13.3. The molecule has 0 spiro atoms. The van der Waals surface area contributed by atoms with Crippen molar-refractivity contribution in [2.24, 2.45) is 4.99 Å². The third kappa shape index (κ3) is 3.92. The van der Waals surface area contributed by atoms with Crippen molar-refractivity contribution in [2.75, 3.05) is 4.90 Å². The Morgan fingerprint density at radius 2 is 1.73 bits per heavy atom. The molecule has 0 unspecified atom stereocenters. The fourth-order valence-electron chi connectivity index (χ4n) is 3.17. The molecule has 0 saturated heterocycles. The molecule has 1 heterocycles. The first kappa shape index (κ1) is 19.7. The van der Waals surface area contributed by atoms with Gasteiger partial charge in [0, 0.05) is 22.2 Å². The molecule has 0 saturated carbocycles. The molecule has 0 N–H and O–H groups in total. The van der Waals surface area contributed by atoms with E-state index in [-0.39, 0.29) is 17.3 Å². The molecule has 0 aromatic heterocycles. The molecular weight excluding hydrogens is 446 g/mol. The number of non-ortho nitro benzene ring substituents is 1. The van der Waals surface area contributed by atoms with Crippen LogP contribution in [0, 0.1) is 17.0 Å². The van der Waals surface area contributed by atoms with Crippen LogP contribution in [0.15, 0.2) is 88.0 Å². The van der Waals surface area contributed by atoms with Crippen LogP contribution in [0.1, 0.15) is 16.7 Å². The minimum atomic E-state index is -0.457. The second kappa shape index (κ2) is 8.04. The van der Waals surface area contributed by atoms with Gasteiger partial charge < -0.3 is 0 Å². The van der Waals surface area contributed by atoms with Gasteiger partial charge in [-0.15, -0.1) is 0 Å². The lowest BCUT2D eigenvalue weighted by molar-refractivity contribution is -0.384. The summed E-state index contributed by atoms with van der Waals surface area (Å²) in [5, 5.41) is 10.9. The van der Waals surface area contributed by atoms with Crippen LogP contribution >= 0.6 is 15.9 Å². The largest absolute Gasteiger partial charge is 0.282 e. The van der Waals surface area contributed by atoms with Crippen molar-refractivity contribution < 1.29 is 9.72 Å². The van der Waals surface area contributed by atoms with Crippen molar-refractivity contribution in [1.29, 1.82) is 0 Å². The summed E-state index contributed by atoms with van der Waals surface area (Å²) in [5.74, 6) is 0.284. The van der Waals surface area contributed by atoms with Crippen LogP contribution in [-0.4, -0.2) is 16.7 Å². The first-order chi connectivity index (χ1) is 14.4. The molecule has 1 aliphatic rings. The molecule has 1 aliphatic heterocycles. The molecular formula is C23H16BrN3O3. The summed E-state index contributed by atoms with van der Waals surface area (Å²) >= 11 is 3.42. The van der Waals surface area contributed by atoms with E-state index in [2.05, 4.69) is 20.9 Å². The summed E-state index contributed by atoms with van der Waals surface area (Å²) in [6.07, 6.45) is 1.64. The molecule has 1 amide bonds. The number of amides is 1. The molecule has 4 rings (SSSR count). The Labute approximate surface area is 181 Å². The minimum absolute atomic E-state index is 0.00432. The summed E-state index contributed by atoms with van der Waals surface area (Å²) in [5.41, 5.74) is 3.52. The first-order valence-electron chi connectivity index (χ1n) is 9.14. The van der Waals surface area contributed by atoms with Crippen LogP contribution in [0.25, 0.3) is 6.08 Å². The highest BCUT2D eigenvalue weighted by molar-refractivity contribution is 9.10. The van der Waals surface area contributed by atoms with E-state index in [1.807, 2.05) is 55.5 Å². The number of halogens is 1. The normalized spacial score (nSPS) is 14.9. The van der Waals surface area contributed by atoms with E-state index in [9.17, 15) is 14.9 Å². The topological polar surface area (TPSA) is 75.8 Å². The lowest BCUT2D eigenvalue weighted by Gasteiger charge is -2.19.